The number of nitrogens with zero attached hydrogens (tertiary/aromatic N) is 2. The molecule has 0 unspecified atom stereocenters. The van der Waals surface area contributed by atoms with Gasteiger partial charge < -0.3 is 15.1 Å². The van der Waals surface area contributed by atoms with Gasteiger partial charge in [0.05, 0.1) is 5.69 Å². The Morgan fingerprint density at radius 1 is 1.00 bits per heavy atom. The van der Waals surface area contributed by atoms with Crippen molar-refractivity contribution in [2.75, 3.05) is 37.6 Å². The molecule has 0 radical (unpaired) electrons. The number of halogens is 3. The monoisotopic (exact) mass is 378 g/mol. The van der Waals surface area contributed by atoms with Gasteiger partial charge in [0, 0.05) is 31.7 Å². The molecule has 1 atom stereocenters. The fourth-order valence-electron chi connectivity index (χ4n) is 3.24. The van der Waals surface area contributed by atoms with E-state index in [1.807, 2.05) is 11.8 Å². The predicted octanol–water partition coefficient (Wildman–Crippen LogP) is 2.08. The number of anilines is 1. The average molecular weight is 378 g/mol. The van der Waals surface area contributed by atoms with E-state index in [0.29, 0.717) is 37.4 Å². The minimum atomic E-state index is -0.886. The van der Waals surface area contributed by atoms with Crippen molar-refractivity contribution in [1.82, 2.24) is 4.90 Å². The molecule has 0 spiro atoms. The van der Waals surface area contributed by atoms with E-state index in [0.717, 1.165) is 12.1 Å². The summed E-state index contributed by atoms with van der Waals surface area (Å²) in [4.78, 5) is 16.1. The van der Waals surface area contributed by atoms with Crippen molar-refractivity contribution in [3.8, 4) is 0 Å². The lowest BCUT2D eigenvalue weighted by molar-refractivity contribution is -0.683. The lowest BCUT2D eigenvalue weighted by Gasteiger charge is -2.36. The lowest BCUT2D eigenvalue weighted by atomic mass is 10.1. The highest BCUT2D eigenvalue weighted by Crippen LogP contribution is 2.20. The highest BCUT2D eigenvalue weighted by Gasteiger charge is 2.24. The van der Waals surface area contributed by atoms with Crippen LogP contribution in [0.15, 0.2) is 42.5 Å². The van der Waals surface area contributed by atoms with Gasteiger partial charge in [0.2, 0.25) is 0 Å². The Kier molecular flexibility index (Phi) is 6.01. The van der Waals surface area contributed by atoms with Crippen molar-refractivity contribution in [1.29, 1.82) is 0 Å². The number of hydrogen-bond donors (Lipinski definition) is 1. The molecule has 2 aromatic rings. The zero-order valence-electron chi connectivity index (χ0n) is 15.2. The fourth-order valence-corrected chi connectivity index (χ4v) is 3.24. The van der Waals surface area contributed by atoms with E-state index in [1.54, 1.807) is 28.4 Å². The maximum atomic E-state index is 13.9. The van der Waals surface area contributed by atoms with E-state index < -0.39 is 11.6 Å². The Bertz CT molecular complexity index is 807. The van der Waals surface area contributed by atoms with Crippen LogP contribution in [-0.4, -0.2) is 43.5 Å². The van der Waals surface area contributed by atoms with Crippen molar-refractivity contribution in [2.45, 2.75) is 13.0 Å². The van der Waals surface area contributed by atoms with E-state index in [1.165, 1.54) is 12.1 Å². The average Bonchev–Trinajstić information content (AvgIpc) is 2.68. The molecule has 1 fully saturated rings. The summed E-state index contributed by atoms with van der Waals surface area (Å²) in [5.74, 6) is -2.04. The van der Waals surface area contributed by atoms with Crippen LogP contribution in [-0.2, 0) is 4.79 Å². The zero-order chi connectivity index (χ0) is 19.4. The summed E-state index contributed by atoms with van der Waals surface area (Å²) in [6.07, 6.45) is 0. The standard InChI is InChI=1S/C20H22F3N3O/c1-14(15-6-7-16(21)18(23)12-15)24-13-20(27)26-10-8-25(9-11-26)19-5-3-2-4-17(19)22/h2-7,12,14,24H,8-11,13H2,1H3/p+1/t14-/m1/s1. The van der Waals surface area contributed by atoms with Gasteiger partial charge in [0.25, 0.3) is 5.91 Å². The fraction of sp³-hybridized carbons (Fsp3) is 0.350. The van der Waals surface area contributed by atoms with Gasteiger partial charge in [0.15, 0.2) is 18.2 Å². The smallest absolute Gasteiger partial charge is 0.277 e. The van der Waals surface area contributed by atoms with Crippen molar-refractivity contribution in [2.24, 2.45) is 0 Å². The Balaban J connectivity index is 1.49. The molecule has 2 aromatic carbocycles. The van der Waals surface area contributed by atoms with Gasteiger partial charge in [-0.2, -0.15) is 0 Å². The number of benzene rings is 2. The molecule has 0 saturated carbocycles. The van der Waals surface area contributed by atoms with Gasteiger partial charge in [-0.25, -0.2) is 13.2 Å². The zero-order valence-corrected chi connectivity index (χ0v) is 15.2. The maximum absolute atomic E-state index is 13.9. The normalized spacial score (nSPS) is 15.7. The largest absolute Gasteiger partial charge is 0.366 e. The van der Waals surface area contributed by atoms with Gasteiger partial charge in [-0.05, 0) is 37.3 Å². The third kappa shape index (κ3) is 4.60. The van der Waals surface area contributed by atoms with E-state index in [9.17, 15) is 18.0 Å². The molecule has 0 bridgehead atoms. The lowest BCUT2D eigenvalue weighted by Crippen LogP contribution is -2.87. The second-order valence-electron chi connectivity index (χ2n) is 6.72. The number of nitrogens with two attached hydrogens (primary N) is 1. The number of para-hydroxylation sites is 1. The first-order valence-electron chi connectivity index (χ1n) is 9.01. The van der Waals surface area contributed by atoms with Crippen molar-refractivity contribution in [3.05, 3.63) is 65.5 Å². The topological polar surface area (TPSA) is 40.2 Å². The predicted molar refractivity (Wildman–Crippen MR) is 96.8 cm³/mol. The SMILES string of the molecule is C[C@@H]([NH2+]CC(=O)N1CCN(c2ccccc2F)CC1)c1ccc(F)c(F)c1. The number of amides is 1. The first-order chi connectivity index (χ1) is 13.0. The van der Waals surface area contributed by atoms with Crippen LogP contribution < -0.4 is 10.2 Å². The number of carbonyl (C=O) groups excluding carboxylic acids is 1. The highest BCUT2D eigenvalue weighted by molar-refractivity contribution is 5.77. The molecule has 144 valence electrons. The third-order valence-corrected chi connectivity index (χ3v) is 4.94. The Labute approximate surface area is 156 Å². The highest BCUT2D eigenvalue weighted by atomic mass is 19.2. The summed E-state index contributed by atoms with van der Waals surface area (Å²) in [6.45, 7) is 4.27. The summed E-state index contributed by atoms with van der Waals surface area (Å²) >= 11 is 0. The molecule has 1 heterocycles. The molecular weight excluding hydrogens is 355 g/mol. The van der Waals surface area contributed by atoms with Crippen LogP contribution >= 0.6 is 0 Å². The molecule has 1 saturated heterocycles. The minimum Gasteiger partial charge on any atom is -0.366 e. The molecule has 2 N–H and O–H groups in total. The molecule has 0 aromatic heterocycles. The summed E-state index contributed by atoms with van der Waals surface area (Å²) in [6, 6.07) is 10.2. The van der Waals surface area contributed by atoms with Crippen LogP contribution in [0.2, 0.25) is 0 Å². The molecule has 1 amide bonds. The second-order valence-corrected chi connectivity index (χ2v) is 6.72. The van der Waals surface area contributed by atoms with Crippen molar-refractivity contribution >= 4 is 11.6 Å². The Hall–Kier alpha value is -2.54. The molecular formula is C20H23F3N3O+. The minimum absolute atomic E-state index is 0.0161. The molecule has 1 aliphatic rings. The Morgan fingerprint density at radius 2 is 1.70 bits per heavy atom. The molecule has 27 heavy (non-hydrogen) atoms. The molecule has 0 aliphatic carbocycles. The van der Waals surface area contributed by atoms with Crippen LogP contribution in [0.1, 0.15) is 18.5 Å². The van der Waals surface area contributed by atoms with E-state index in [4.69, 9.17) is 0 Å². The van der Waals surface area contributed by atoms with E-state index in [-0.39, 0.29) is 24.3 Å². The first kappa shape index (κ1) is 19.2. The van der Waals surface area contributed by atoms with Crippen LogP contribution in [0, 0.1) is 17.5 Å². The number of quaternary nitrogens is 1. The molecule has 7 heteroatoms. The molecule has 3 rings (SSSR count). The number of carbonyl (C=O) groups is 1. The van der Waals surface area contributed by atoms with Crippen LogP contribution in [0.5, 0.6) is 0 Å². The Morgan fingerprint density at radius 3 is 2.37 bits per heavy atom. The molecule has 4 nitrogen and oxygen atoms in total. The van der Waals surface area contributed by atoms with Crippen molar-refractivity contribution in [3.63, 3.8) is 0 Å². The van der Waals surface area contributed by atoms with Gasteiger partial charge >= 0.3 is 0 Å². The van der Waals surface area contributed by atoms with Crippen LogP contribution in [0.3, 0.4) is 0 Å². The molecule has 1 aliphatic heterocycles. The van der Waals surface area contributed by atoms with E-state index in [2.05, 4.69) is 0 Å². The quantitative estimate of drug-likeness (QED) is 0.866. The van der Waals surface area contributed by atoms with Crippen LogP contribution in [0.25, 0.3) is 0 Å². The summed E-state index contributed by atoms with van der Waals surface area (Å²) in [5.41, 5.74) is 1.19. The summed E-state index contributed by atoms with van der Waals surface area (Å²) in [7, 11) is 0. The van der Waals surface area contributed by atoms with Gasteiger partial charge in [-0.3, -0.25) is 4.79 Å². The third-order valence-electron chi connectivity index (χ3n) is 4.94. The van der Waals surface area contributed by atoms with Gasteiger partial charge in [-0.15, -0.1) is 0 Å². The number of rotatable bonds is 5. The summed E-state index contributed by atoms with van der Waals surface area (Å²) in [5, 5.41) is 1.80. The van der Waals surface area contributed by atoms with Gasteiger partial charge in [0.1, 0.15) is 11.9 Å². The van der Waals surface area contributed by atoms with Gasteiger partial charge in [-0.1, -0.05) is 12.1 Å². The number of hydrogen-bond acceptors (Lipinski definition) is 2. The van der Waals surface area contributed by atoms with E-state index >= 15 is 0 Å². The van der Waals surface area contributed by atoms with Crippen LogP contribution in [0.4, 0.5) is 18.9 Å². The first-order valence-corrected chi connectivity index (χ1v) is 9.01. The summed E-state index contributed by atoms with van der Waals surface area (Å²) < 4.78 is 40.2. The maximum Gasteiger partial charge on any atom is 0.277 e. The van der Waals surface area contributed by atoms with Crippen molar-refractivity contribution < 1.29 is 23.3 Å². The second kappa shape index (κ2) is 8.43. The number of piperazine rings is 1.